The Labute approximate surface area is 124 Å². The molecule has 20 heavy (non-hydrogen) atoms. The summed E-state index contributed by atoms with van der Waals surface area (Å²) in [6.45, 7) is 4.82. The van der Waals surface area contributed by atoms with Gasteiger partial charge in [-0.15, -0.1) is 0 Å². The van der Waals surface area contributed by atoms with Gasteiger partial charge in [-0.2, -0.15) is 0 Å². The van der Waals surface area contributed by atoms with E-state index in [4.69, 9.17) is 11.6 Å². The highest BCUT2D eigenvalue weighted by atomic mass is 35.5. The summed E-state index contributed by atoms with van der Waals surface area (Å²) < 4.78 is 13.3. The molecule has 0 saturated heterocycles. The van der Waals surface area contributed by atoms with Crippen LogP contribution in [0.3, 0.4) is 0 Å². The molecule has 1 heterocycles. The Morgan fingerprint density at radius 2 is 2.10 bits per heavy atom. The zero-order valence-electron chi connectivity index (χ0n) is 11.7. The lowest BCUT2D eigenvalue weighted by Crippen LogP contribution is -2.23. The molecule has 0 bridgehead atoms. The summed E-state index contributed by atoms with van der Waals surface area (Å²) in [4.78, 5) is 4.32. The fourth-order valence-corrected chi connectivity index (χ4v) is 2.35. The SMILES string of the molecule is CCNC(Cc1cc(F)ccc1Cl)c1ccc(C)nc1. The molecule has 1 aromatic carbocycles. The molecule has 0 saturated carbocycles. The summed E-state index contributed by atoms with van der Waals surface area (Å²) in [5, 5.41) is 3.98. The molecule has 2 rings (SSSR count). The van der Waals surface area contributed by atoms with Crippen LogP contribution in [-0.2, 0) is 6.42 Å². The normalized spacial score (nSPS) is 12.4. The van der Waals surface area contributed by atoms with Gasteiger partial charge in [-0.3, -0.25) is 4.98 Å². The van der Waals surface area contributed by atoms with Gasteiger partial charge in [0.25, 0.3) is 0 Å². The quantitative estimate of drug-likeness (QED) is 0.898. The maximum atomic E-state index is 13.3. The van der Waals surface area contributed by atoms with Gasteiger partial charge >= 0.3 is 0 Å². The number of hydrogen-bond acceptors (Lipinski definition) is 2. The van der Waals surface area contributed by atoms with Crippen molar-refractivity contribution in [2.45, 2.75) is 26.3 Å². The summed E-state index contributed by atoms with van der Waals surface area (Å²) in [6, 6.07) is 8.57. The molecule has 2 nitrogen and oxygen atoms in total. The molecule has 1 aromatic heterocycles. The monoisotopic (exact) mass is 292 g/mol. The van der Waals surface area contributed by atoms with Gasteiger partial charge in [0.2, 0.25) is 0 Å². The van der Waals surface area contributed by atoms with E-state index in [1.54, 1.807) is 6.07 Å². The molecule has 0 aliphatic heterocycles. The maximum Gasteiger partial charge on any atom is 0.123 e. The molecule has 1 N–H and O–H groups in total. The number of pyridine rings is 1. The number of halogens is 2. The summed E-state index contributed by atoms with van der Waals surface area (Å²) in [7, 11) is 0. The van der Waals surface area contributed by atoms with Crippen LogP contribution in [0.25, 0.3) is 0 Å². The average molecular weight is 293 g/mol. The first-order valence-corrected chi connectivity index (χ1v) is 7.07. The number of benzene rings is 1. The third kappa shape index (κ3) is 3.78. The van der Waals surface area contributed by atoms with Crippen molar-refractivity contribution in [3.63, 3.8) is 0 Å². The van der Waals surface area contributed by atoms with Crippen LogP contribution in [-0.4, -0.2) is 11.5 Å². The fourth-order valence-electron chi connectivity index (χ4n) is 2.16. The third-order valence-electron chi connectivity index (χ3n) is 3.22. The van der Waals surface area contributed by atoms with Crippen LogP contribution in [0.5, 0.6) is 0 Å². The van der Waals surface area contributed by atoms with E-state index in [0.717, 1.165) is 23.4 Å². The molecule has 0 aliphatic carbocycles. The average Bonchev–Trinajstić information content (AvgIpc) is 2.43. The Morgan fingerprint density at radius 3 is 2.75 bits per heavy atom. The highest BCUT2D eigenvalue weighted by Crippen LogP contribution is 2.24. The van der Waals surface area contributed by atoms with Crippen LogP contribution in [0, 0.1) is 12.7 Å². The molecule has 1 atom stereocenters. The Bertz CT molecular complexity index is 569. The highest BCUT2D eigenvalue weighted by molar-refractivity contribution is 6.31. The summed E-state index contributed by atoms with van der Waals surface area (Å²) in [5.41, 5.74) is 2.86. The number of nitrogens with zero attached hydrogens (tertiary/aromatic N) is 1. The second-order valence-electron chi connectivity index (χ2n) is 4.78. The number of aromatic nitrogens is 1. The second kappa shape index (κ2) is 6.82. The first kappa shape index (κ1) is 14.9. The fraction of sp³-hybridized carbons (Fsp3) is 0.312. The van der Waals surface area contributed by atoms with Crippen LogP contribution >= 0.6 is 11.6 Å². The van der Waals surface area contributed by atoms with Gasteiger partial charge in [0, 0.05) is 23.0 Å². The molecule has 2 aromatic rings. The highest BCUT2D eigenvalue weighted by Gasteiger charge is 2.14. The minimum absolute atomic E-state index is 0.0763. The van der Waals surface area contributed by atoms with Crippen molar-refractivity contribution in [2.75, 3.05) is 6.54 Å². The lowest BCUT2D eigenvalue weighted by molar-refractivity contribution is 0.545. The molecule has 0 radical (unpaired) electrons. The second-order valence-corrected chi connectivity index (χ2v) is 5.19. The van der Waals surface area contributed by atoms with Crippen LogP contribution in [0.1, 0.15) is 29.8 Å². The van der Waals surface area contributed by atoms with Crippen molar-refractivity contribution >= 4 is 11.6 Å². The number of rotatable bonds is 5. The van der Waals surface area contributed by atoms with Crippen molar-refractivity contribution in [1.29, 1.82) is 0 Å². The Hall–Kier alpha value is -1.45. The number of hydrogen-bond donors (Lipinski definition) is 1. The number of nitrogens with one attached hydrogen (secondary N) is 1. The molecule has 0 aliphatic rings. The molecule has 0 amide bonds. The van der Waals surface area contributed by atoms with Gasteiger partial charge in [0.05, 0.1) is 0 Å². The van der Waals surface area contributed by atoms with E-state index < -0.39 is 0 Å². The molecular weight excluding hydrogens is 275 g/mol. The minimum atomic E-state index is -0.262. The number of likely N-dealkylation sites (N-methyl/N-ethyl adjacent to an activating group) is 1. The van der Waals surface area contributed by atoms with E-state index >= 15 is 0 Å². The van der Waals surface area contributed by atoms with Gasteiger partial charge in [-0.05, 0) is 55.3 Å². The Balaban J connectivity index is 2.25. The van der Waals surface area contributed by atoms with Crippen LogP contribution in [0.4, 0.5) is 4.39 Å². The molecule has 1 unspecified atom stereocenters. The van der Waals surface area contributed by atoms with Gasteiger partial charge in [0.15, 0.2) is 0 Å². The Kier molecular flexibility index (Phi) is 5.10. The Morgan fingerprint density at radius 1 is 1.30 bits per heavy atom. The van der Waals surface area contributed by atoms with E-state index in [9.17, 15) is 4.39 Å². The zero-order valence-corrected chi connectivity index (χ0v) is 12.4. The van der Waals surface area contributed by atoms with Crippen LogP contribution in [0.2, 0.25) is 5.02 Å². The molecule has 4 heteroatoms. The lowest BCUT2D eigenvalue weighted by atomic mass is 9.99. The van der Waals surface area contributed by atoms with Gasteiger partial charge < -0.3 is 5.32 Å². The van der Waals surface area contributed by atoms with Crippen molar-refractivity contribution in [2.24, 2.45) is 0 Å². The molecule has 0 spiro atoms. The van der Waals surface area contributed by atoms with Crippen molar-refractivity contribution in [3.05, 3.63) is 64.2 Å². The number of aryl methyl sites for hydroxylation is 1. The van der Waals surface area contributed by atoms with E-state index in [0.29, 0.717) is 11.4 Å². The van der Waals surface area contributed by atoms with Crippen LogP contribution in [0.15, 0.2) is 36.5 Å². The molecular formula is C16H18ClFN2. The molecule has 0 fully saturated rings. The lowest BCUT2D eigenvalue weighted by Gasteiger charge is -2.19. The predicted octanol–water partition coefficient (Wildman–Crippen LogP) is 4.08. The third-order valence-corrected chi connectivity index (χ3v) is 3.59. The predicted molar refractivity (Wildman–Crippen MR) is 80.5 cm³/mol. The van der Waals surface area contributed by atoms with Crippen LogP contribution < -0.4 is 5.32 Å². The first-order chi connectivity index (χ1) is 9.60. The zero-order chi connectivity index (χ0) is 14.5. The topological polar surface area (TPSA) is 24.9 Å². The van der Waals surface area contributed by atoms with E-state index in [1.807, 2.05) is 32.2 Å². The standard InChI is InChI=1S/C16H18ClFN2/c1-3-19-16(12-5-4-11(2)20-10-12)9-13-8-14(18)6-7-15(13)17/h4-8,10,16,19H,3,9H2,1-2H3. The van der Waals surface area contributed by atoms with E-state index in [-0.39, 0.29) is 11.9 Å². The van der Waals surface area contributed by atoms with E-state index in [1.165, 1.54) is 12.1 Å². The first-order valence-electron chi connectivity index (χ1n) is 6.70. The summed E-state index contributed by atoms with van der Waals surface area (Å²) in [6.07, 6.45) is 2.49. The van der Waals surface area contributed by atoms with Crippen molar-refractivity contribution < 1.29 is 4.39 Å². The van der Waals surface area contributed by atoms with Gasteiger partial charge in [-0.25, -0.2) is 4.39 Å². The van der Waals surface area contributed by atoms with Crippen molar-refractivity contribution in [3.8, 4) is 0 Å². The summed E-state index contributed by atoms with van der Waals surface area (Å²) in [5.74, 6) is -0.262. The van der Waals surface area contributed by atoms with Crippen molar-refractivity contribution in [1.82, 2.24) is 10.3 Å². The van der Waals surface area contributed by atoms with Gasteiger partial charge in [0.1, 0.15) is 5.82 Å². The maximum absolute atomic E-state index is 13.3. The molecule has 106 valence electrons. The smallest absolute Gasteiger partial charge is 0.123 e. The van der Waals surface area contributed by atoms with E-state index in [2.05, 4.69) is 10.3 Å². The largest absolute Gasteiger partial charge is 0.310 e. The minimum Gasteiger partial charge on any atom is -0.310 e. The van der Waals surface area contributed by atoms with Gasteiger partial charge in [-0.1, -0.05) is 24.6 Å². The summed E-state index contributed by atoms with van der Waals surface area (Å²) >= 11 is 6.14.